The molecule has 0 aromatic heterocycles. The fraction of sp³-hybridized carbons (Fsp3) is 0.400. The summed E-state index contributed by atoms with van der Waals surface area (Å²) in [6.07, 6.45) is -2.34. The van der Waals surface area contributed by atoms with Gasteiger partial charge in [-0.3, -0.25) is 4.90 Å². The first-order valence-electron chi connectivity index (χ1n) is 4.49. The third-order valence-electron chi connectivity index (χ3n) is 1.99. The topological polar surface area (TPSA) is 29.3 Å². The molecular weight excluding hydrogens is 222 g/mol. The van der Waals surface area contributed by atoms with Gasteiger partial charge in [0, 0.05) is 17.3 Å². The van der Waals surface area contributed by atoms with Gasteiger partial charge < -0.3 is 5.73 Å². The average molecular weight is 235 g/mol. The first kappa shape index (κ1) is 12.2. The summed E-state index contributed by atoms with van der Waals surface area (Å²) in [7, 11) is 1.62. The lowest BCUT2D eigenvalue weighted by Gasteiger charge is -2.17. The number of anilines is 1. The van der Waals surface area contributed by atoms with Crippen molar-refractivity contribution >= 4 is 17.3 Å². The standard InChI is InChI=1S/C10H13ClF2N2/c1-15(6-10(12)13)5-7-4-8(11)2-3-9(7)14/h2-4,10H,5-6,14H2,1H3. The number of hydrogen-bond acceptors (Lipinski definition) is 2. The van der Waals surface area contributed by atoms with Crippen molar-refractivity contribution in [3.05, 3.63) is 28.8 Å². The van der Waals surface area contributed by atoms with Crippen LogP contribution in [0, 0.1) is 0 Å². The van der Waals surface area contributed by atoms with Gasteiger partial charge in [-0.1, -0.05) is 11.6 Å². The summed E-state index contributed by atoms with van der Waals surface area (Å²) >= 11 is 5.78. The molecule has 0 unspecified atom stereocenters. The molecule has 0 spiro atoms. The minimum atomic E-state index is -2.34. The Labute approximate surface area is 92.6 Å². The normalized spacial score (nSPS) is 11.3. The SMILES string of the molecule is CN(Cc1cc(Cl)ccc1N)CC(F)F. The van der Waals surface area contributed by atoms with E-state index in [0.29, 0.717) is 17.3 Å². The number of halogens is 3. The van der Waals surface area contributed by atoms with Crippen LogP contribution in [-0.4, -0.2) is 24.9 Å². The van der Waals surface area contributed by atoms with Gasteiger partial charge in [0.15, 0.2) is 0 Å². The average Bonchev–Trinajstić information content (AvgIpc) is 2.10. The molecule has 0 saturated heterocycles. The van der Waals surface area contributed by atoms with Gasteiger partial charge in [-0.15, -0.1) is 0 Å². The second-order valence-corrected chi connectivity index (χ2v) is 3.87. The molecule has 0 bridgehead atoms. The summed E-state index contributed by atoms with van der Waals surface area (Å²) in [5.74, 6) is 0. The number of rotatable bonds is 4. The van der Waals surface area contributed by atoms with Crippen LogP contribution in [-0.2, 0) is 6.54 Å². The highest BCUT2D eigenvalue weighted by Crippen LogP contribution is 2.19. The zero-order valence-corrected chi connectivity index (χ0v) is 9.14. The van der Waals surface area contributed by atoms with Gasteiger partial charge in [0.05, 0.1) is 6.54 Å². The maximum absolute atomic E-state index is 12.1. The van der Waals surface area contributed by atoms with Crippen LogP contribution < -0.4 is 5.73 Å². The molecule has 0 aliphatic carbocycles. The summed E-state index contributed by atoms with van der Waals surface area (Å²) in [5, 5.41) is 0.560. The molecule has 5 heteroatoms. The lowest BCUT2D eigenvalue weighted by Crippen LogP contribution is -2.24. The van der Waals surface area contributed by atoms with E-state index in [4.69, 9.17) is 17.3 Å². The molecule has 2 N–H and O–H groups in total. The van der Waals surface area contributed by atoms with E-state index in [2.05, 4.69) is 0 Å². The summed E-state index contributed by atoms with van der Waals surface area (Å²) in [6, 6.07) is 5.04. The van der Waals surface area contributed by atoms with Crippen LogP contribution in [0.4, 0.5) is 14.5 Å². The summed E-state index contributed by atoms with van der Waals surface area (Å²) in [5.41, 5.74) is 7.03. The molecule has 1 rings (SSSR count). The van der Waals surface area contributed by atoms with Crippen molar-refractivity contribution in [3.8, 4) is 0 Å². The van der Waals surface area contributed by atoms with Gasteiger partial charge in [-0.2, -0.15) is 0 Å². The number of nitrogens with zero attached hydrogens (tertiary/aromatic N) is 1. The zero-order valence-electron chi connectivity index (χ0n) is 8.38. The van der Waals surface area contributed by atoms with Crippen molar-refractivity contribution in [1.82, 2.24) is 4.90 Å². The zero-order chi connectivity index (χ0) is 11.4. The van der Waals surface area contributed by atoms with Crippen LogP contribution >= 0.6 is 11.6 Å². The van der Waals surface area contributed by atoms with Crippen molar-refractivity contribution in [2.75, 3.05) is 19.3 Å². The van der Waals surface area contributed by atoms with Gasteiger partial charge in [-0.25, -0.2) is 8.78 Å². The molecule has 0 heterocycles. The molecule has 1 aromatic rings. The van der Waals surface area contributed by atoms with Gasteiger partial charge in [0.2, 0.25) is 0 Å². The largest absolute Gasteiger partial charge is 0.398 e. The Morgan fingerprint density at radius 2 is 2.13 bits per heavy atom. The highest BCUT2D eigenvalue weighted by atomic mass is 35.5. The second-order valence-electron chi connectivity index (χ2n) is 3.43. The van der Waals surface area contributed by atoms with Crippen molar-refractivity contribution in [1.29, 1.82) is 0 Å². The number of alkyl halides is 2. The Hall–Kier alpha value is -0.870. The Kier molecular flexibility index (Phi) is 4.29. The number of hydrogen-bond donors (Lipinski definition) is 1. The van der Waals surface area contributed by atoms with Crippen molar-refractivity contribution < 1.29 is 8.78 Å². The molecule has 15 heavy (non-hydrogen) atoms. The third kappa shape index (κ3) is 4.01. The van der Waals surface area contributed by atoms with Crippen molar-refractivity contribution in [2.24, 2.45) is 0 Å². The molecule has 2 nitrogen and oxygen atoms in total. The minimum absolute atomic E-state index is 0.272. The van der Waals surface area contributed by atoms with E-state index in [1.54, 1.807) is 25.2 Å². The van der Waals surface area contributed by atoms with E-state index in [1.807, 2.05) is 0 Å². The van der Waals surface area contributed by atoms with Gasteiger partial charge >= 0.3 is 0 Å². The van der Waals surface area contributed by atoms with Crippen LogP contribution in [0.5, 0.6) is 0 Å². The number of benzene rings is 1. The molecule has 1 aromatic carbocycles. The van der Waals surface area contributed by atoms with E-state index in [9.17, 15) is 8.78 Å². The molecule has 0 fully saturated rings. The van der Waals surface area contributed by atoms with Crippen LogP contribution in [0.2, 0.25) is 5.02 Å². The van der Waals surface area contributed by atoms with Crippen LogP contribution in [0.15, 0.2) is 18.2 Å². The summed E-state index contributed by atoms with van der Waals surface area (Å²) in [6.45, 7) is 0.0999. The second kappa shape index (κ2) is 5.28. The van der Waals surface area contributed by atoms with E-state index in [0.717, 1.165) is 5.56 Å². The molecule has 0 radical (unpaired) electrons. The molecular formula is C10H13ClF2N2. The molecule has 0 saturated carbocycles. The predicted molar refractivity (Wildman–Crippen MR) is 58.2 cm³/mol. The molecule has 84 valence electrons. The summed E-state index contributed by atoms with van der Waals surface area (Å²) < 4.78 is 24.1. The number of nitrogens with two attached hydrogens (primary N) is 1. The van der Waals surface area contributed by atoms with Crippen molar-refractivity contribution in [3.63, 3.8) is 0 Å². The molecule has 0 aliphatic rings. The van der Waals surface area contributed by atoms with Gasteiger partial charge in [0.1, 0.15) is 0 Å². The smallest absolute Gasteiger partial charge is 0.251 e. The Bertz CT molecular complexity index is 331. The quantitative estimate of drug-likeness (QED) is 0.812. The first-order valence-corrected chi connectivity index (χ1v) is 4.87. The highest BCUT2D eigenvalue weighted by molar-refractivity contribution is 6.30. The molecule has 0 atom stereocenters. The predicted octanol–water partition coefficient (Wildman–Crippen LogP) is 2.62. The van der Waals surface area contributed by atoms with Crippen LogP contribution in [0.25, 0.3) is 0 Å². The number of nitrogen functional groups attached to an aromatic ring is 1. The van der Waals surface area contributed by atoms with E-state index in [1.165, 1.54) is 4.90 Å². The third-order valence-corrected chi connectivity index (χ3v) is 2.23. The lowest BCUT2D eigenvalue weighted by atomic mass is 10.1. The Morgan fingerprint density at radius 3 is 2.73 bits per heavy atom. The fourth-order valence-corrected chi connectivity index (χ4v) is 1.50. The van der Waals surface area contributed by atoms with E-state index < -0.39 is 6.43 Å². The maximum atomic E-state index is 12.1. The van der Waals surface area contributed by atoms with E-state index in [-0.39, 0.29) is 6.54 Å². The monoisotopic (exact) mass is 234 g/mol. The van der Waals surface area contributed by atoms with Gasteiger partial charge in [-0.05, 0) is 30.8 Å². The lowest BCUT2D eigenvalue weighted by molar-refractivity contribution is 0.0976. The fourth-order valence-electron chi connectivity index (χ4n) is 1.30. The maximum Gasteiger partial charge on any atom is 0.251 e. The Balaban J connectivity index is 2.67. The van der Waals surface area contributed by atoms with Crippen LogP contribution in [0.1, 0.15) is 5.56 Å². The minimum Gasteiger partial charge on any atom is -0.398 e. The van der Waals surface area contributed by atoms with Gasteiger partial charge in [0.25, 0.3) is 6.43 Å². The molecule has 0 amide bonds. The van der Waals surface area contributed by atoms with Crippen LogP contribution in [0.3, 0.4) is 0 Å². The highest BCUT2D eigenvalue weighted by Gasteiger charge is 2.09. The molecule has 0 aliphatic heterocycles. The Morgan fingerprint density at radius 1 is 1.47 bits per heavy atom. The summed E-state index contributed by atoms with van der Waals surface area (Å²) in [4.78, 5) is 1.51. The first-order chi connectivity index (χ1) is 6.99. The van der Waals surface area contributed by atoms with E-state index >= 15 is 0 Å². The van der Waals surface area contributed by atoms with Crippen molar-refractivity contribution in [2.45, 2.75) is 13.0 Å².